The summed E-state index contributed by atoms with van der Waals surface area (Å²) in [6, 6.07) is 20.0. The Balaban J connectivity index is 1.57. The van der Waals surface area contributed by atoms with Crippen LogP contribution in [0, 0.1) is 10.1 Å². The Bertz CT molecular complexity index is 1170. The van der Waals surface area contributed by atoms with Crippen molar-refractivity contribution < 1.29 is 9.66 Å². The predicted octanol–water partition coefficient (Wildman–Crippen LogP) is 6.25. The van der Waals surface area contributed by atoms with Crippen LogP contribution < -0.4 is 4.74 Å². The monoisotopic (exact) mass is 483 g/mol. The molecule has 3 aromatic carbocycles. The first-order valence-electron chi connectivity index (χ1n) is 9.32. The van der Waals surface area contributed by atoms with Crippen LogP contribution in [0.5, 0.6) is 5.75 Å². The third kappa shape index (κ3) is 3.34. The first kappa shape index (κ1) is 19.1. The van der Waals surface area contributed by atoms with Crippen LogP contribution in [0.3, 0.4) is 0 Å². The molecule has 6 nitrogen and oxygen atoms in total. The van der Waals surface area contributed by atoms with Crippen molar-refractivity contribution in [2.45, 2.75) is 18.7 Å². The number of ether oxygens (including phenoxy) is 1. The van der Waals surface area contributed by atoms with Gasteiger partial charge in [-0.3, -0.25) is 10.1 Å². The highest BCUT2D eigenvalue weighted by molar-refractivity contribution is 9.10. The van der Waals surface area contributed by atoms with Crippen LogP contribution in [-0.2, 0) is 0 Å². The van der Waals surface area contributed by atoms with E-state index in [0.29, 0.717) is 5.02 Å². The van der Waals surface area contributed by atoms with E-state index in [0.717, 1.165) is 39.0 Å². The Kier molecular flexibility index (Phi) is 4.72. The smallest absolute Gasteiger partial charge is 0.269 e. The second-order valence-corrected chi connectivity index (χ2v) is 8.51. The molecule has 2 aliphatic rings. The van der Waals surface area contributed by atoms with Gasteiger partial charge in [-0.2, -0.15) is 5.10 Å². The zero-order valence-corrected chi connectivity index (χ0v) is 17.9. The molecule has 0 radical (unpaired) electrons. The maximum absolute atomic E-state index is 11.0. The number of nitro benzene ring substituents is 1. The van der Waals surface area contributed by atoms with E-state index in [9.17, 15) is 10.1 Å². The summed E-state index contributed by atoms with van der Waals surface area (Å²) < 4.78 is 7.27. The molecule has 0 saturated carbocycles. The van der Waals surface area contributed by atoms with Crippen molar-refractivity contribution >= 4 is 38.9 Å². The number of hydrogen-bond donors (Lipinski definition) is 0. The van der Waals surface area contributed by atoms with Gasteiger partial charge in [-0.15, -0.1) is 0 Å². The number of rotatable bonds is 3. The van der Waals surface area contributed by atoms with Crippen LogP contribution in [0.2, 0.25) is 5.02 Å². The highest BCUT2D eigenvalue weighted by Crippen LogP contribution is 2.48. The highest BCUT2D eigenvalue weighted by atomic mass is 79.9. The van der Waals surface area contributed by atoms with Gasteiger partial charge in [-0.25, -0.2) is 5.01 Å². The number of fused-ring (bicyclic) bond motifs is 3. The summed E-state index contributed by atoms with van der Waals surface area (Å²) in [5, 5.41) is 18.5. The van der Waals surface area contributed by atoms with Gasteiger partial charge >= 0.3 is 0 Å². The van der Waals surface area contributed by atoms with E-state index in [1.807, 2.05) is 41.4 Å². The van der Waals surface area contributed by atoms with Crippen LogP contribution >= 0.6 is 27.5 Å². The molecule has 0 saturated heterocycles. The lowest BCUT2D eigenvalue weighted by molar-refractivity contribution is -0.384. The normalized spacial score (nSPS) is 19.5. The third-order valence-electron chi connectivity index (χ3n) is 5.32. The fourth-order valence-electron chi connectivity index (χ4n) is 3.86. The van der Waals surface area contributed by atoms with Crippen molar-refractivity contribution in [1.29, 1.82) is 0 Å². The molecule has 0 aliphatic carbocycles. The minimum Gasteiger partial charge on any atom is -0.464 e. The lowest BCUT2D eigenvalue weighted by Crippen LogP contribution is -2.33. The standard InChI is InChI=1S/C22H15BrClN3O3/c23-15-5-10-21-18(11-15)20-12-19(13-1-6-16(24)7-2-13)25-26(20)22(30-21)14-3-8-17(9-4-14)27(28)29/h1-11,20,22H,12H2/t20-,22+/m1/s1. The van der Waals surface area contributed by atoms with Gasteiger partial charge in [0, 0.05) is 39.2 Å². The molecule has 150 valence electrons. The van der Waals surface area contributed by atoms with Gasteiger partial charge in [0.1, 0.15) is 5.75 Å². The molecule has 0 fully saturated rings. The van der Waals surface area contributed by atoms with Crippen molar-refractivity contribution in [3.05, 3.63) is 103 Å². The summed E-state index contributed by atoms with van der Waals surface area (Å²) in [5.74, 6) is 0.787. The zero-order valence-electron chi connectivity index (χ0n) is 15.5. The van der Waals surface area contributed by atoms with Crippen molar-refractivity contribution in [2.75, 3.05) is 0 Å². The summed E-state index contributed by atoms with van der Waals surface area (Å²) >= 11 is 9.59. The van der Waals surface area contributed by atoms with Crippen LogP contribution in [0.15, 0.2) is 76.3 Å². The molecule has 2 aliphatic heterocycles. The average Bonchev–Trinajstić information content (AvgIpc) is 3.19. The van der Waals surface area contributed by atoms with Crippen molar-refractivity contribution in [3.63, 3.8) is 0 Å². The Morgan fingerprint density at radius 1 is 1.10 bits per heavy atom. The van der Waals surface area contributed by atoms with Crippen LogP contribution in [-0.4, -0.2) is 15.6 Å². The molecule has 8 heteroatoms. The maximum Gasteiger partial charge on any atom is 0.269 e. The fourth-order valence-corrected chi connectivity index (χ4v) is 4.36. The molecule has 0 spiro atoms. The number of halogens is 2. The molecule has 2 atom stereocenters. The molecule has 5 rings (SSSR count). The second kappa shape index (κ2) is 7.41. The van der Waals surface area contributed by atoms with Gasteiger partial charge in [0.25, 0.3) is 5.69 Å². The molecule has 0 bridgehead atoms. The molecule has 0 aromatic heterocycles. The number of benzene rings is 3. The Hall–Kier alpha value is -2.90. The molecule has 30 heavy (non-hydrogen) atoms. The second-order valence-electron chi connectivity index (χ2n) is 7.15. The summed E-state index contributed by atoms with van der Waals surface area (Å²) in [4.78, 5) is 10.6. The van der Waals surface area contributed by atoms with E-state index in [1.165, 1.54) is 12.1 Å². The van der Waals surface area contributed by atoms with Crippen molar-refractivity contribution in [1.82, 2.24) is 5.01 Å². The Morgan fingerprint density at radius 3 is 2.53 bits per heavy atom. The molecule has 0 unspecified atom stereocenters. The maximum atomic E-state index is 11.0. The van der Waals surface area contributed by atoms with Crippen LogP contribution in [0.4, 0.5) is 5.69 Å². The van der Waals surface area contributed by atoms with Gasteiger partial charge in [0.2, 0.25) is 6.23 Å². The molecule has 3 aromatic rings. The number of non-ortho nitro benzene ring substituents is 1. The average molecular weight is 485 g/mol. The largest absolute Gasteiger partial charge is 0.464 e. The first-order valence-corrected chi connectivity index (χ1v) is 10.5. The third-order valence-corrected chi connectivity index (χ3v) is 6.06. The first-order chi connectivity index (χ1) is 14.5. The molecule has 0 N–H and O–H groups in total. The number of nitro groups is 1. The quantitative estimate of drug-likeness (QED) is 0.325. The van der Waals surface area contributed by atoms with E-state index in [1.54, 1.807) is 12.1 Å². The van der Waals surface area contributed by atoms with Crippen LogP contribution in [0.1, 0.15) is 35.4 Å². The van der Waals surface area contributed by atoms with Gasteiger partial charge in [0.05, 0.1) is 16.7 Å². The van der Waals surface area contributed by atoms with E-state index in [4.69, 9.17) is 21.4 Å². The summed E-state index contributed by atoms with van der Waals surface area (Å²) in [5.41, 5.74) is 3.85. The van der Waals surface area contributed by atoms with E-state index < -0.39 is 11.2 Å². The molecule has 2 heterocycles. The van der Waals surface area contributed by atoms with Gasteiger partial charge in [-0.05, 0) is 48.0 Å². The summed E-state index contributed by atoms with van der Waals surface area (Å²) in [6.07, 6.45) is 0.243. The number of hydrazone groups is 1. The van der Waals surface area contributed by atoms with Gasteiger partial charge < -0.3 is 4.74 Å². The zero-order chi connectivity index (χ0) is 20.8. The fraction of sp³-hybridized carbons (Fsp3) is 0.136. The molecular weight excluding hydrogens is 470 g/mol. The van der Waals surface area contributed by atoms with Crippen LogP contribution in [0.25, 0.3) is 0 Å². The lowest BCUT2D eigenvalue weighted by atomic mass is 9.96. The van der Waals surface area contributed by atoms with E-state index >= 15 is 0 Å². The van der Waals surface area contributed by atoms with Gasteiger partial charge in [0.15, 0.2) is 0 Å². The minimum absolute atomic E-state index is 0.00267. The SMILES string of the molecule is O=[N+]([O-])c1ccc([C@@H]2Oc3ccc(Br)cc3[C@H]3CC(c4ccc(Cl)cc4)=NN32)cc1. The number of hydrogen-bond acceptors (Lipinski definition) is 5. The lowest BCUT2D eigenvalue weighted by Gasteiger charge is -2.38. The Labute approximate surface area is 186 Å². The minimum atomic E-state index is -0.478. The predicted molar refractivity (Wildman–Crippen MR) is 118 cm³/mol. The molecular formula is C22H15BrClN3O3. The highest BCUT2D eigenvalue weighted by Gasteiger charge is 2.41. The van der Waals surface area contributed by atoms with Crippen molar-refractivity contribution in [2.24, 2.45) is 5.10 Å². The molecule has 0 amide bonds. The van der Waals surface area contributed by atoms with Gasteiger partial charge in [-0.1, -0.05) is 39.7 Å². The summed E-state index contributed by atoms with van der Waals surface area (Å²) in [7, 11) is 0. The van der Waals surface area contributed by atoms with E-state index in [2.05, 4.69) is 22.0 Å². The van der Waals surface area contributed by atoms with Crippen molar-refractivity contribution in [3.8, 4) is 5.75 Å². The topological polar surface area (TPSA) is 68.0 Å². The number of nitrogens with zero attached hydrogens (tertiary/aromatic N) is 3. The Morgan fingerprint density at radius 2 is 1.83 bits per heavy atom. The van der Waals surface area contributed by atoms with E-state index in [-0.39, 0.29) is 11.7 Å². The summed E-state index contributed by atoms with van der Waals surface area (Å²) in [6.45, 7) is 0.